The van der Waals surface area contributed by atoms with Gasteiger partial charge in [-0.2, -0.15) is 0 Å². The van der Waals surface area contributed by atoms with Crippen molar-refractivity contribution in [3.8, 4) is 0 Å². The Hall–Kier alpha value is -2.89. The maximum Gasteiger partial charge on any atom is 0.340 e. The zero-order chi connectivity index (χ0) is 18.4. The number of hydrogen-bond donors (Lipinski definition) is 1. The van der Waals surface area contributed by atoms with Crippen molar-refractivity contribution in [3.05, 3.63) is 54.4 Å². The molecule has 6 heteroatoms. The van der Waals surface area contributed by atoms with Crippen molar-refractivity contribution in [2.75, 3.05) is 23.3 Å². The summed E-state index contributed by atoms with van der Waals surface area (Å²) in [5, 5.41) is 2.78. The van der Waals surface area contributed by atoms with Crippen molar-refractivity contribution in [2.45, 2.75) is 32.3 Å². The van der Waals surface area contributed by atoms with Gasteiger partial charge in [-0.15, -0.1) is 0 Å². The SMILES string of the molecule is C[C@H](OC(=O)c1cccnc1)C(=O)Nc1ccc(N2CCCCC2)cc1. The number of anilines is 2. The van der Waals surface area contributed by atoms with Crippen LogP contribution in [0.5, 0.6) is 0 Å². The second-order valence-electron chi connectivity index (χ2n) is 6.37. The number of nitrogens with zero attached hydrogens (tertiary/aromatic N) is 2. The number of carbonyl (C=O) groups excluding carboxylic acids is 2. The Labute approximate surface area is 153 Å². The monoisotopic (exact) mass is 353 g/mol. The summed E-state index contributed by atoms with van der Waals surface area (Å²) in [6, 6.07) is 11.0. The van der Waals surface area contributed by atoms with Gasteiger partial charge in [0.1, 0.15) is 0 Å². The molecule has 136 valence electrons. The van der Waals surface area contributed by atoms with Gasteiger partial charge in [0.2, 0.25) is 0 Å². The molecular formula is C20H23N3O3. The molecule has 1 amide bonds. The van der Waals surface area contributed by atoms with Crippen molar-refractivity contribution >= 4 is 23.3 Å². The van der Waals surface area contributed by atoms with E-state index in [2.05, 4.69) is 15.2 Å². The highest BCUT2D eigenvalue weighted by Crippen LogP contribution is 2.22. The maximum atomic E-state index is 12.3. The third-order valence-electron chi connectivity index (χ3n) is 4.41. The highest BCUT2D eigenvalue weighted by Gasteiger charge is 2.19. The Morgan fingerprint density at radius 1 is 1.12 bits per heavy atom. The van der Waals surface area contributed by atoms with Crippen LogP contribution < -0.4 is 10.2 Å². The van der Waals surface area contributed by atoms with Gasteiger partial charge in [-0.05, 0) is 62.6 Å². The number of piperidine rings is 1. The summed E-state index contributed by atoms with van der Waals surface area (Å²) >= 11 is 0. The molecule has 26 heavy (non-hydrogen) atoms. The van der Waals surface area contributed by atoms with Crippen LogP contribution in [0.2, 0.25) is 0 Å². The predicted octanol–water partition coefficient (Wildman–Crippen LogP) is 3.26. The van der Waals surface area contributed by atoms with E-state index in [0.29, 0.717) is 11.3 Å². The molecule has 0 aliphatic carbocycles. The number of ether oxygens (including phenoxy) is 1. The van der Waals surface area contributed by atoms with Gasteiger partial charge in [-0.25, -0.2) is 4.79 Å². The van der Waals surface area contributed by atoms with Crippen LogP contribution >= 0.6 is 0 Å². The van der Waals surface area contributed by atoms with Crippen LogP contribution in [-0.2, 0) is 9.53 Å². The Kier molecular flexibility index (Phi) is 5.84. The van der Waals surface area contributed by atoms with Crippen LogP contribution in [0.15, 0.2) is 48.8 Å². The minimum atomic E-state index is -0.899. The molecular weight excluding hydrogens is 330 g/mol. The van der Waals surface area contributed by atoms with Crippen LogP contribution in [-0.4, -0.2) is 36.1 Å². The van der Waals surface area contributed by atoms with Crippen LogP contribution in [0, 0.1) is 0 Å². The van der Waals surface area contributed by atoms with Crippen molar-refractivity contribution in [1.29, 1.82) is 0 Å². The first kappa shape index (κ1) is 17.9. The quantitative estimate of drug-likeness (QED) is 0.836. The van der Waals surface area contributed by atoms with E-state index in [1.54, 1.807) is 25.3 Å². The molecule has 0 radical (unpaired) electrons. The number of aromatic nitrogens is 1. The molecule has 1 aliphatic heterocycles. The van der Waals surface area contributed by atoms with Gasteiger partial charge in [0.15, 0.2) is 6.10 Å². The first-order chi connectivity index (χ1) is 12.6. The van der Waals surface area contributed by atoms with Crippen molar-refractivity contribution in [3.63, 3.8) is 0 Å². The highest BCUT2D eigenvalue weighted by molar-refractivity contribution is 5.97. The predicted molar refractivity (Wildman–Crippen MR) is 100 cm³/mol. The number of nitrogens with one attached hydrogen (secondary N) is 1. The van der Waals surface area contributed by atoms with Gasteiger partial charge >= 0.3 is 5.97 Å². The number of benzene rings is 1. The third-order valence-corrected chi connectivity index (χ3v) is 4.41. The topological polar surface area (TPSA) is 71.5 Å². The first-order valence-corrected chi connectivity index (χ1v) is 8.90. The standard InChI is InChI=1S/C20H23N3O3/c1-15(26-20(25)16-6-5-11-21-14-16)19(24)22-17-7-9-18(10-8-17)23-12-3-2-4-13-23/h5-11,14-15H,2-4,12-13H2,1H3,(H,22,24)/t15-/m0/s1. The summed E-state index contributed by atoms with van der Waals surface area (Å²) in [6.07, 6.45) is 5.81. The molecule has 2 aromatic rings. The van der Waals surface area contributed by atoms with Crippen molar-refractivity contribution in [2.24, 2.45) is 0 Å². The second kappa shape index (κ2) is 8.47. The minimum absolute atomic E-state index is 0.318. The zero-order valence-electron chi connectivity index (χ0n) is 14.9. The Morgan fingerprint density at radius 2 is 1.85 bits per heavy atom. The largest absolute Gasteiger partial charge is 0.449 e. The summed E-state index contributed by atoms with van der Waals surface area (Å²) < 4.78 is 5.19. The van der Waals surface area contributed by atoms with Crippen LogP contribution in [0.4, 0.5) is 11.4 Å². The molecule has 1 saturated heterocycles. The number of rotatable bonds is 5. The van der Waals surface area contributed by atoms with Gasteiger partial charge < -0.3 is 15.0 Å². The van der Waals surface area contributed by atoms with E-state index in [1.165, 1.54) is 31.1 Å². The summed E-state index contributed by atoms with van der Waals surface area (Å²) in [6.45, 7) is 3.70. The van der Waals surface area contributed by atoms with Crippen LogP contribution in [0.3, 0.4) is 0 Å². The van der Waals surface area contributed by atoms with Gasteiger partial charge in [0.05, 0.1) is 5.56 Å². The first-order valence-electron chi connectivity index (χ1n) is 8.90. The lowest BCUT2D eigenvalue weighted by atomic mass is 10.1. The Bertz CT molecular complexity index is 741. The van der Waals surface area contributed by atoms with Crippen molar-refractivity contribution in [1.82, 2.24) is 4.98 Å². The molecule has 1 N–H and O–H groups in total. The number of pyridine rings is 1. The van der Waals surface area contributed by atoms with Crippen molar-refractivity contribution < 1.29 is 14.3 Å². The molecule has 0 bridgehead atoms. The van der Waals surface area contributed by atoms with E-state index < -0.39 is 12.1 Å². The number of amides is 1. The Morgan fingerprint density at radius 3 is 2.50 bits per heavy atom. The summed E-state index contributed by atoms with van der Waals surface area (Å²) in [4.78, 5) is 30.5. The summed E-state index contributed by atoms with van der Waals surface area (Å²) in [5.41, 5.74) is 2.16. The molecule has 0 spiro atoms. The normalized spacial score (nSPS) is 15.2. The molecule has 1 aromatic carbocycles. The van der Waals surface area contributed by atoms with Gasteiger partial charge in [0.25, 0.3) is 5.91 Å². The number of hydrogen-bond acceptors (Lipinski definition) is 5. The molecule has 1 atom stereocenters. The molecule has 3 rings (SSSR count). The highest BCUT2D eigenvalue weighted by atomic mass is 16.5. The maximum absolute atomic E-state index is 12.3. The lowest BCUT2D eigenvalue weighted by Crippen LogP contribution is -2.30. The summed E-state index contributed by atoms with van der Waals surface area (Å²) in [5.74, 6) is -0.936. The zero-order valence-corrected chi connectivity index (χ0v) is 14.9. The fraction of sp³-hybridized carbons (Fsp3) is 0.350. The lowest BCUT2D eigenvalue weighted by molar-refractivity contribution is -0.123. The number of esters is 1. The Balaban J connectivity index is 1.54. The van der Waals surface area contributed by atoms with Crippen LogP contribution in [0.1, 0.15) is 36.5 Å². The molecule has 0 saturated carbocycles. The van der Waals surface area contributed by atoms with Gasteiger partial charge in [-0.3, -0.25) is 9.78 Å². The van der Waals surface area contributed by atoms with E-state index in [-0.39, 0.29) is 5.91 Å². The average Bonchev–Trinajstić information content (AvgIpc) is 2.70. The molecule has 1 aliphatic rings. The van der Waals surface area contributed by atoms with E-state index in [0.717, 1.165) is 13.1 Å². The second-order valence-corrected chi connectivity index (χ2v) is 6.37. The molecule has 1 fully saturated rings. The fourth-order valence-electron chi connectivity index (χ4n) is 2.92. The van der Waals surface area contributed by atoms with Gasteiger partial charge in [0, 0.05) is 36.9 Å². The molecule has 6 nitrogen and oxygen atoms in total. The molecule has 1 aromatic heterocycles. The van der Waals surface area contributed by atoms with E-state index in [4.69, 9.17) is 4.74 Å². The fourth-order valence-corrected chi connectivity index (χ4v) is 2.92. The number of carbonyl (C=O) groups is 2. The summed E-state index contributed by atoms with van der Waals surface area (Å²) in [7, 11) is 0. The van der Waals surface area contributed by atoms with Crippen LogP contribution in [0.25, 0.3) is 0 Å². The smallest absolute Gasteiger partial charge is 0.340 e. The van der Waals surface area contributed by atoms with E-state index >= 15 is 0 Å². The van der Waals surface area contributed by atoms with Gasteiger partial charge in [-0.1, -0.05) is 0 Å². The van der Waals surface area contributed by atoms with E-state index in [9.17, 15) is 9.59 Å². The minimum Gasteiger partial charge on any atom is -0.449 e. The van der Waals surface area contributed by atoms with E-state index in [1.807, 2.05) is 24.3 Å². The lowest BCUT2D eigenvalue weighted by Gasteiger charge is -2.28. The third kappa shape index (κ3) is 4.59. The average molecular weight is 353 g/mol. The molecule has 2 heterocycles. The molecule has 0 unspecified atom stereocenters.